The van der Waals surface area contributed by atoms with Gasteiger partial charge in [-0.3, -0.25) is 9.78 Å². The van der Waals surface area contributed by atoms with Crippen LogP contribution < -0.4 is 10.1 Å². The zero-order chi connectivity index (χ0) is 14.4. The predicted octanol–water partition coefficient (Wildman–Crippen LogP) is 2.82. The van der Waals surface area contributed by atoms with Crippen LogP contribution >= 0.6 is 11.6 Å². The second-order valence-electron chi connectivity index (χ2n) is 4.23. The molecule has 1 atom stereocenters. The summed E-state index contributed by atoms with van der Waals surface area (Å²) in [5.41, 5.74) is 0.797. The number of ether oxygens (including phenoxy) is 1. The fraction of sp³-hybridized carbons (Fsp3) is 0.200. The van der Waals surface area contributed by atoms with Crippen LogP contribution in [-0.2, 0) is 11.3 Å². The number of aromatic nitrogens is 1. The molecule has 1 unspecified atom stereocenters. The highest BCUT2D eigenvalue weighted by atomic mass is 35.5. The molecular weight excluding hydrogens is 276 g/mol. The van der Waals surface area contributed by atoms with E-state index >= 15 is 0 Å². The first-order valence-corrected chi connectivity index (χ1v) is 6.63. The molecule has 2 aromatic rings. The van der Waals surface area contributed by atoms with E-state index in [4.69, 9.17) is 16.3 Å². The Morgan fingerprint density at radius 1 is 1.30 bits per heavy atom. The van der Waals surface area contributed by atoms with Crippen LogP contribution in [0, 0.1) is 0 Å². The van der Waals surface area contributed by atoms with Gasteiger partial charge < -0.3 is 10.1 Å². The minimum Gasteiger partial charge on any atom is -0.479 e. The van der Waals surface area contributed by atoms with Crippen molar-refractivity contribution in [1.29, 1.82) is 0 Å². The van der Waals surface area contributed by atoms with Crippen molar-refractivity contribution >= 4 is 17.5 Å². The van der Waals surface area contributed by atoms with E-state index in [1.807, 2.05) is 18.2 Å². The van der Waals surface area contributed by atoms with Gasteiger partial charge in [-0.1, -0.05) is 29.8 Å². The monoisotopic (exact) mass is 290 g/mol. The van der Waals surface area contributed by atoms with Crippen LogP contribution in [0.1, 0.15) is 12.6 Å². The van der Waals surface area contributed by atoms with Gasteiger partial charge in [0, 0.05) is 6.20 Å². The van der Waals surface area contributed by atoms with E-state index in [2.05, 4.69) is 10.3 Å². The lowest BCUT2D eigenvalue weighted by Crippen LogP contribution is -2.36. The number of carbonyl (C=O) groups is 1. The van der Waals surface area contributed by atoms with Crippen molar-refractivity contribution in [2.45, 2.75) is 19.6 Å². The first kappa shape index (κ1) is 14.3. The Labute approximate surface area is 122 Å². The molecule has 0 fully saturated rings. The highest BCUT2D eigenvalue weighted by molar-refractivity contribution is 6.32. The number of benzene rings is 1. The summed E-state index contributed by atoms with van der Waals surface area (Å²) >= 11 is 5.98. The van der Waals surface area contributed by atoms with Gasteiger partial charge in [-0.05, 0) is 31.2 Å². The summed E-state index contributed by atoms with van der Waals surface area (Å²) < 4.78 is 5.53. The van der Waals surface area contributed by atoms with E-state index in [9.17, 15) is 4.79 Å². The number of nitrogens with zero attached hydrogens (tertiary/aromatic N) is 1. The number of hydrogen-bond acceptors (Lipinski definition) is 3. The Bertz CT molecular complexity index is 575. The molecule has 0 aliphatic carbocycles. The Morgan fingerprint density at radius 2 is 2.05 bits per heavy atom. The lowest BCUT2D eigenvalue weighted by atomic mass is 10.3. The van der Waals surface area contributed by atoms with Crippen molar-refractivity contribution in [1.82, 2.24) is 10.3 Å². The molecule has 0 saturated carbocycles. The molecule has 104 valence electrons. The molecule has 0 saturated heterocycles. The first-order chi connectivity index (χ1) is 9.66. The van der Waals surface area contributed by atoms with Crippen molar-refractivity contribution in [3.05, 3.63) is 59.4 Å². The number of halogens is 1. The van der Waals surface area contributed by atoms with Crippen molar-refractivity contribution in [2.24, 2.45) is 0 Å². The summed E-state index contributed by atoms with van der Waals surface area (Å²) in [5, 5.41) is 3.25. The van der Waals surface area contributed by atoms with Crippen LogP contribution in [0.4, 0.5) is 0 Å². The third-order valence-corrected chi connectivity index (χ3v) is 2.99. The van der Waals surface area contributed by atoms with Crippen molar-refractivity contribution < 1.29 is 9.53 Å². The molecule has 20 heavy (non-hydrogen) atoms. The predicted molar refractivity (Wildman–Crippen MR) is 77.6 cm³/mol. The summed E-state index contributed by atoms with van der Waals surface area (Å²) in [7, 11) is 0. The largest absolute Gasteiger partial charge is 0.479 e. The van der Waals surface area contributed by atoms with Crippen LogP contribution in [0.3, 0.4) is 0 Å². The van der Waals surface area contributed by atoms with Gasteiger partial charge in [0.05, 0.1) is 17.3 Å². The lowest BCUT2D eigenvalue weighted by Gasteiger charge is -2.15. The van der Waals surface area contributed by atoms with Crippen molar-refractivity contribution in [3.8, 4) is 5.75 Å². The number of para-hydroxylation sites is 1. The molecule has 4 nitrogen and oxygen atoms in total. The van der Waals surface area contributed by atoms with Gasteiger partial charge in [0.2, 0.25) is 0 Å². The Hall–Kier alpha value is -2.07. The Balaban J connectivity index is 1.88. The molecule has 1 heterocycles. The van der Waals surface area contributed by atoms with Gasteiger partial charge in [0.25, 0.3) is 5.91 Å². The molecule has 2 rings (SSSR count). The number of amides is 1. The topological polar surface area (TPSA) is 51.2 Å². The van der Waals surface area contributed by atoms with Gasteiger partial charge in [0.1, 0.15) is 5.75 Å². The maximum atomic E-state index is 11.9. The third kappa shape index (κ3) is 3.96. The number of nitrogens with one attached hydrogen (secondary N) is 1. The molecule has 5 heteroatoms. The fourth-order valence-electron chi connectivity index (χ4n) is 1.61. The van der Waals surface area contributed by atoms with Crippen LogP contribution in [0.25, 0.3) is 0 Å². The van der Waals surface area contributed by atoms with Crippen molar-refractivity contribution in [2.75, 3.05) is 0 Å². The average molecular weight is 291 g/mol. The first-order valence-electron chi connectivity index (χ1n) is 6.25. The highest BCUT2D eigenvalue weighted by Crippen LogP contribution is 2.24. The molecule has 1 amide bonds. The van der Waals surface area contributed by atoms with E-state index in [0.29, 0.717) is 17.3 Å². The second kappa shape index (κ2) is 6.91. The van der Waals surface area contributed by atoms with Gasteiger partial charge in [-0.2, -0.15) is 0 Å². The average Bonchev–Trinajstić information content (AvgIpc) is 2.48. The van der Waals surface area contributed by atoms with Gasteiger partial charge in [-0.15, -0.1) is 0 Å². The SMILES string of the molecule is CC(Oc1ccccc1Cl)C(=O)NCc1ccccn1. The molecule has 0 bridgehead atoms. The van der Waals surface area contributed by atoms with Crippen molar-refractivity contribution in [3.63, 3.8) is 0 Å². The Kier molecular flexibility index (Phi) is 4.96. The van der Waals surface area contributed by atoms with Crippen LogP contribution in [0.2, 0.25) is 5.02 Å². The summed E-state index contributed by atoms with van der Waals surface area (Å²) in [4.78, 5) is 16.1. The van der Waals surface area contributed by atoms with E-state index in [-0.39, 0.29) is 5.91 Å². The molecule has 0 radical (unpaired) electrons. The molecule has 1 aromatic heterocycles. The lowest BCUT2D eigenvalue weighted by molar-refractivity contribution is -0.127. The molecule has 0 spiro atoms. The van der Waals surface area contributed by atoms with E-state index < -0.39 is 6.10 Å². The van der Waals surface area contributed by atoms with E-state index in [0.717, 1.165) is 5.69 Å². The number of carbonyl (C=O) groups excluding carboxylic acids is 1. The highest BCUT2D eigenvalue weighted by Gasteiger charge is 2.15. The zero-order valence-corrected chi connectivity index (χ0v) is 11.8. The summed E-state index contributed by atoms with van der Waals surface area (Å²) in [6, 6.07) is 12.6. The molecular formula is C15H15ClN2O2. The number of pyridine rings is 1. The smallest absolute Gasteiger partial charge is 0.261 e. The number of hydrogen-bond donors (Lipinski definition) is 1. The number of rotatable bonds is 5. The molecule has 0 aliphatic heterocycles. The third-order valence-electron chi connectivity index (χ3n) is 2.68. The van der Waals surface area contributed by atoms with Crippen LogP contribution in [0.15, 0.2) is 48.7 Å². The quantitative estimate of drug-likeness (QED) is 0.921. The molecule has 1 N–H and O–H groups in total. The molecule has 0 aliphatic rings. The maximum Gasteiger partial charge on any atom is 0.261 e. The van der Waals surface area contributed by atoms with Gasteiger partial charge in [0.15, 0.2) is 6.10 Å². The van der Waals surface area contributed by atoms with E-state index in [1.165, 1.54) is 0 Å². The van der Waals surface area contributed by atoms with Gasteiger partial charge >= 0.3 is 0 Å². The Morgan fingerprint density at radius 3 is 2.75 bits per heavy atom. The summed E-state index contributed by atoms with van der Waals surface area (Å²) in [6.07, 6.45) is 1.06. The van der Waals surface area contributed by atoms with Gasteiger partial charge in [-0.25, -0.2) is 0 Å². The maximum absolute atomic E-state index is 11.9. The molecule has 1 aromatic carbocycles. The summed E-state index contributed by atoms with van der Waals surface area (Å²) in [5.74, 6) is 0.283. The van der Waals surface area contributed by atoms with E-state index in [1.54, 1.807) is 37.4 Å². The normalized spacial score (nSPS) is 11.7. The zero-order valence-electron chi connectivity index (χ0n) is 11.0. The fourth-order valence-corrected chi connectivity index (χ4v) is 1.79. The minimum absolute atomic E-state index is 0.212. The second-order valence-corrected chi connectivity index (χ2v) is 4.64. The summed E-state index contributed by atoms with van der Waals surface area (Å²) in [6.45, 7) is 2.05. The van der Waals surface area contributed by atoms with Crippen LogP contribution in [-0.4, -0.2) is 17.0 Å². The minimum atomic E-state index is -0.626. The van der Waals surface area contributed by atoms with Crippen LogP contribution in [0.5, 0.6) is 5.75 Å². The standard InChI is InChI=1S/C15H15ClN2O2/c1-11(20-14-8-3-2-7-13(14)16)15(19)18-10-12-6-4-5-9-17-12/h2-9,11H,10H2,1H3,(H,18,19).